The van der Waals surface area contributed by atoms with Crippen molar-refractivity contribution >= 4 is 11.7 Å². The molecule has 1 heterocycles. The van der Waals surface area contributed by atoms with Crippen LogP contribution in [0.15, 0.2) is 48.5 Å². The molecule has 1 aromatic heterocycles. The van der Waals surface area contributed by atoms with E-state index in [9.17, 15) is 18.0 Å². The summed E-state index contributed by atoms with van der Waals surface area (Å²) in [6, 6.07) is 12.1. The number of nitrogens with two attached hydrogens (primary N) is 1. The average Bonchev–Trinajstić information content (AvgIpc) is 2.73. The minimum atomic E-state index is -4.71. The molecule has 0 radical (unpaired) electrons. The number of amides is 1. The van der Waals surface area contributed by atoms with E-state index in [4.69, 9.17) is 15.7 Å². The van der Waals surface area contributed by atoms with Gasteiger partial charge in [0.25, 0.3) is 0 Å². The number of ether oxygens (including phenoxy) is 1. The topological polar surface area (TPSA) is 114 Å². The van der Waals surface area contributed by atoms with Gasteiger partial charge in [-0.1, -0.05) is 0 Å². The summed E-state index contributed by atoms with van der Waals surface area (Å²) in [6.07, 6.45) is -4.71. The molecule has 2 aromatic carbocycles. The van der Waals surface area contributed by atoms with Crippen LogP contribution in [-0.2, 0) is 11.0 Å². The lowest BCUT2D eigenvalue weighted by Gasteiger charge is -2.16. The number of aromatic nitrogens is 2. The predicted octanol–water partition coefficient (Wildman–Crippen LogP) is 4.42. The summed E-state index contributed by atoms with van der Waals surface area (Å²) in [6.45, 7) is 3.11. The molecule has 10 heteroatoms. The zero-order valence-corrected chi connectivity index (χ0v) is 17.1. The van der Waals surface area contributed by atoms with E-state index in [0.29, 0.717) is 11.3 Å². The molecule has 0 aliphatic rings. The molecule has 0 fully saturated rings. The lowest BCUT2D eigenvalue weighted by atomic mass is 10.1. The third-order valence-electron chi connectivity index (χ3n) is 4.40. The quantitative estimate of drug-likeness (QED) is 0.585. The molecule has 3 N–H and O–H groups in total. The molecular weight excluding hydrogens is 423 g/mol. The molecule has 0 saturated carbocycles. The summed E-state index contributed by atoms with van der Waals surface area (Å²) in [5.41, 5.74) is 4.80. The minimum Gasteiger partial charge on any atom is -0.457 e. The number of hydrogen-bond acceptors (Lipinski definition) is 6. The SMILES string of the molecule is Cc1cc(NC(C)C(N)=O)nc(-c2ccc(Oc3ccc(C#N)cc3)cc2C(F)(F)F)n1. The lowest BCUT2D eigenvalue weighted by Crippen LogP contribution is -2.32. The van der Waals surface area contributed by atoms with Crippen LogP contribution in [-0.4, -0.2) is 21.9 Å². The number of anilines is 1. The van der Waals surface area contributed by atoms with Crippen molar-refractivity contribution in [3.8, 4) is 29.0 Å². The first-order valence-corrected chi connectivity index (χ1v) is 9.38. The van der Waals surface area contributed by atoms with Gasteiger partial charge in [0.05, 0.1) is 17.2 Å². The smallest absolute Gasteiger partial charge is 0.417 e. The highest BCUT2D eigenvalue weighted by Crippen LogP contribution is 2.39. The van der Waals surface area contributed by atoms with Gasteiger partial charge in [0, 0.05) is 17.3 Å². The van der Waals surface area contributed by atoms with Crippen molar-refractivity contribution < 1.29 is 22.7 Å². The van der Waals surface area contributed by atoms with Crippen LogP contribution >= 0.6 is 0 Å². The Morgan fingerprint density at radius 2 is 1.78 bits per heavy atom. The number of primary amides is 1. The van der Waals surface area contributed by atoms with Gasteiger partial charge in [0.2, 0.25) is 5.91 Å². The first kappa shape index (κ1) is 22.6. The number of carbonyl (C=O) groups excluding carboxylic acids is 1. The van der Waals surface area contributed by atoms with Crippen molar-refractivity contribution in [1.29, 1.82) is 5.26 Å². The van der Waals surface area contributed by atoms with Gasteiger partial charge in [0.15, 0.2) is 5.82 Å². The van der Waals surface area contributed by atoms with Crippen LogP contribution < -0.4 is 15.8 Å². The number of nitrogens with one attached hydrogen (secondary N) is 1. The molecule has 32 heavy (non-hydrogen) atoms. The van der Waals surface area contributed by atoms with Crippen LogP contribution in [0.2, 0.25) is 0 Å². The van der Waals surface area contributed by atoms with Crippen LogP contribution in [0.5, 0.6) is 11.5 Å². The van der Waals surface area contributed by atoms with Crippen LogP contribution in [0.25, 0.3) is 11.4 Å². The minimum absolute atomic E-state index is 0.0425. The predicted molar refractivity (Wildman–Crippen MR) is 111 cm³/mol. The lowest BCUT2D eigenvalue weighted by molar-refractivity contribution is -0.137. The standard InChI is InChI=1S/C22H18F3N5O2/c1-12-9-19(29-13(2)20(27)31)30-21(28-12)17-8-7-16(10-18(17)22(23,24)25)32-15-5-3-14(11-26)4-6-15/h3-10,13H,1-2H3,(H2,27,31)(H,28,29,30). The highest BCUT2D eigenvalue weighted by molar-refractivity contribution is 5.82. The first-order valence-electron chi connectivity index (χ1n) is 9.38. The van der Waals surface area contributed by atoms with Crippen LogP contribution in [0.1, 0.15) is 23.7 Å². The number of nitrogens with zero attached hydrogens (tertiary/aromatic N) is 3. The second-order valence-corrected chi connectivity index (χ2v) is 6.93. The Bertz CT molecular complexity index is 1190. The molecule has 3 aromatic rings. The van der Waals surface area contributed by atoms with Gasteiger partial charge in [-0.05, 0) is 56.3 Å². The third-order valence-corrected chi connectivity index (χ3v) is 4.40. The first-order chi connectivity index (χ1) is 15.1. The summed E-state index contributed by atoms with van der Waals surface area (Å²) in [5.74, 6) is -0.392. The summed E-state index contributed by atoms with van der Waals surface area (Å²) in [5, 5.41) is 11.6. The molecule has 0 spiro atoms. The Morgan fingerprint density at radius 1 is 1.12 bits per heavy atom. The number of rotatable bonds is 6. The van der Waals surface area contributed by atoms with Gasteiger partial charge in [-0.2, -0.15) is 18.4 Å². The molecule has 1 unspecified atom stereocenters. The van der Waals surface area contributed by atoms with E-state index >= 15 is 0 Å². The number of hydrogen-bond donors (Lipinski definition) is 2. The molecule has 0 bridgehead atoms. The maximum Gasteiger partial charge on any atom is 0.417 e. The van der Waals surface area contributed by atoms with Crippen molar-refractivity contribution in [1.82, 2.24) is 9.97 Å². The van der Waals surface area contributed by atoms with Gasteiger partial charge < -0.3 is 15.8 Å². The highest BCUT2D eigenvalue weighted by Gasteiger charge is 2.35. The number of halogens is 3. The summed E-state index contributed by atoms with van der Waals surface area (Å²) >= 11 is 0. The van der Waals surface area contributed by atoms with Gasteiger partial charge in [0.1, 0.15) is 23.4 Å². The molecule has 0 aliphatic heterocycles. The van der Waals surface area contributed by atoms with E-state index in [2.05, 4.69) is 15.3 Å². The number of benzene rings is 2. The normalized spacial score (nSPS) is 12.0. The fraction of sp³-hybridized carbons (Fsp3) is 0.182. The Balaban J connectivity index is 2.00. The third kappa shape index (κ3) is 5.31. The van der Waals surface area contributed by atoms with Crippen molar-refractivity contribution in [3.05, 3.63) is 65.4 Å². The monoisotopic (exact) mass is 441 g/mol. The molecular formula is C22H18F3N5O2. The maximum atomic E-state index is 13.8. The molecule has 1 amide bonds. The number of aryl methyl sites for hydroxylation is 1. The van der Waals surface area contributed by atoms with Crippen LogP contribution in [0.4, 0.5) is 19.0 Å². The van der Waals surface area contributed by atoms with Crippen molar-refractivity contribution in [2.45, 2.75) is 26.1 Å². The Kier molecular flexibility index (Phi) is 6.30. The van der Waals surface area contributed by atoms with E-state index in [1.165, 1.54) is 49.4 Å². The Morgan fingerprint density at radius 3 is 2.38 bits per heavy atom. The van der Waals surface area contributed by atoms with Gasteiger partial charge in [-0.25, -0.2) is 9.97 Å². The summed E-state index contributed by atoms with van der Waals surface area (Å²) < 4.78 is 47.1. The average molecular weight is 441 g/mol. The molecule has 1 atom stereocenters. The van der Waals surface area contributed by atoms with Crippen LogP contribution in [0.3, 0.4) is 0 Å². The zero-order valence-electron chi connectivity index (χ0n) is 17.1. The summed E-state index contributed by atoms with van der Waals surface area (Å²) in [7, 11) is 0. The van der Waals surface area contributed by atoms with E-state index in [0.717, 1.165) is 6.07 Å². The zero-order chi connectivity index (χ0) is 23.5. The Labute approximate surface area is 181 Å². The number of alkyl halides is 3. The Hall–Kier alpha value is -4.13. The van der Waals surface area contributed by atoms with E-state index in [1.54, 1.807) is 6.92 Å². The fourth-order valence-electron chi connectivity index (χ4n) is 2.81. The van der Waals surface area contributed by atoms with Crippen LogP contribution in [0, 0.1) is 18.3 Å². The van der Waals surface area contributed by atoms with Crippen molar-refractivity contribution in [2.24, 2.45) is 5.73 Å². The fourth-order valence-corrected chi connectivity index (χ4v) is 2.81. The van der Waals surface area contributed by atoms with E-state index in [1.807, 2.05) is 6.07 Å². The molecule has 3 rings (SSSR count). The molecule has 164 valence electrons. The molecule has 0 aliphatic carbocycles. The van der Waals surface area contributed by atoms with Crippen molar-refractivity contribution in [2.75, 3.05) is 5.32 Å². The largest absolute Gasteiger partial charge is 0.457 e. The van der Waals surface area contributed by atoms with Crippen molar-refractivity contribution in [3.63, 3.8) is 0 Å². The summed E-state index contributed by atoms with van der Waals surface area (Å²) in [4.78, 5) is 19.5. The van der Waals surface area contributed by atoms with Gasteiger partial charge >= 0.3 is 6.18 Å². The second kappa shape index (κ2) is 8.93. The maximum absolute atomic E-state index is 13.8. The second-order valence-electron chi connectivity index (χ2n) is 6.93. The van der Waals surface area contributed by atoms with E-state index in [-0.39, 0.29) is 28.7 Å². The van der Waals surface area contributed by atoms with Gasteiger partial charge in [-0.3, -0.25) is 4.79 Å². The number of carbonyl (C=O) groups is 1. The van der Waals surface area contributed by atoms with Gasteiger partial charge in [-0.15, -0.1) is 0 Å². The molecule has 0 saturated heterocycles. The highest BCUT2D eigenvalue weighted by atomic mass is 19.4. The van der Waals surface area contributed by atoms with E-state index < -0.39 is 23.7 Å². The molecule has 7 nitrogen and oxygen atoms in total. The number of nitriles is 1.